The summed E-state index contributed by atoms with van der Waals surface area (Å²) in [5, 5.41) is 2.64. The van der Waals surface area contributed by atoms with Crippen LogP contribution in [0.25, 0.3) is 61.9 Å². The molecule has 2 heteroatoms. The number of allylic oxidation sites excluding steroid dienone is 1. The fraction of sp³-hybridized carbons (Fsp3) is 0.0556. The lowest BCUT2D eigenvalue weighted by Gasteiger charge is -2.18. The van der Waals surface area contributed by atoms with Gasteiger partial charge in [0.25, 0.3) is 0 Å². The number of hydrogen-bond acceptors (Lipinski definition) is 2. The molecule has 180 valence electrons. The van der Waals surface area contributed by atoms with Crippen molar-refractivity contribution in [1.82, 2.24) is 9.97 Å². The molecule has 0 radical (unpaired) electrons. The van der Waals surface area contributed by atoms with E-state index in [1.807, 2.05) is 12.1 Å². The molecule has 0 fully saturated rings. The summed E-state index contributed by atoms with van der Waals surface area (Å²) in [5.41, 5.74) is 10.2. The van der Waals surface area contributed by atoms with Crippen LogP contribution in [0.4, 0.5) is 0 Å². The first-order valence-corrected chi connectivity index (χ1v) is 13.2. The van der Waals surface area contributed by atoms with Crippen LogP contribution < -0.4 is 0 Å². The largest absolute Gasteiger partial charge is 0.228 e. The molecule has 0 saturated carbocycles. The average molecular weight is 487 g/mol. The first kappa shape index (κ1) is 22.4. The van der Waals surface area contributed by atoms with E-state index in [4.69, 9.17) is 9.97 Å². The molecule has 0 amide bonds. The SMILES string of the molecule is C1=Cc2cc(-c3cccc(-c4nc(-c5ccccc5)cc(-c5ccccc5)n4)c3)c3ccccc3c2CC1. The molecule has 38 heavy (non-hydrogen) atoms. The number of benzene rings is 5. The topological polar surface area (TPSA) is 25.8 Å². The van der Waals surface area contributed by atoms with E-state index in [-0.39, 0.29) is 0 Å². The van der Waals surface area contributed by atoms with Crippen molar-refractivity contribution in [2.45, 2.75) is 12.8 Å². The Morgan fingerprint density at radius 1 is 0.500 bits per heavy atom. The van der Waals surface area contributed by atoms with Gasteiger partial charge in [-0.25, -0.2) is 9.97 Å². The van der Waals surface area contributed by atoms with Crippen LogP contribution >= 0.6 is 0 Å². The highest BCUT2D eigenvalue weighted by Gasteiger charge is 2.15. The molecule has 7 rings (SSSR count). The fourth-order valence-electron chi connectivity index (χ4n) is 5.48. The molecular formula is C36H26N2. The van der Waals surface area contributed by atoms with E-state index < -0.39 is 0 Å². The van der Waals surface area contributed by atoms with Crippen LogP contribution in [-0.2, 0) is 6.42 Å². The zero-order chi connectivity index (χ0) is 25.3. The summed E-state index contributed by atoms with van der Waals surface area (Å²) >= 11 is 0. The van der Waals surface area contributed by atoms with Gasteiger partial charge in [0, 0.05) is 16.7 Å². The molecule has 0 unspecified atom stereocenters. The zero-order valence-corrected chi connectivity index (χ0v) is 21.0. The zero-order valence-electron chi connectivity index (χ0n) is 21.0. The van der Waals surface area contributed by atoms with Crippen molar-refractivity contribution in [3.63, 3.8) is 0 Å². The van der Waals surface area contributed by atoms with Crippen LogP contribution in [0.3, 0.4) is 0 Å². The molecule has 1 aliphatic rings. The number of aryl methyl sites for hydroxylation is 1. The van der Waals surface area contributed by atoms with Gasteiger partial charge in [0.05, 0.1) is 11.4 Å². The molecule has 5 aromatic carbocycles. The first-order chi connectivity index (χ1) is 18.8. The van der Waals surface area contributed by atoms with Gasteiger partial charge in [-0.3, -0.25) is 0 Å². The maximum Gasteiger partial charge on any atom is 0.160 e. The van der Waals surface area contributed by atoms with Crippen LogP contribution in [0.1, 0.15) is 17.5 Å². The first-order valence-electron chi connectivity index (χ1n) is 13.2. The highest BCUT2D eigenvalue weighted by Crippen LogP contribution is 2.37. The maximum absolute atomic E-state index is 5.04. The minimum absolute atomic E-state index is 0.731. The molecule has 1 heterocycles. The summed E-state index contributed by atoms with van der Waals surface area (Å²) in [4.78, 5) is 10.1. The lowest BCUT2D eigenvalue weighted by atomic mass is 9.87. The summed E-state index contributed by atoms with van der Waals surface area (Å²) in [7, 11) is 0. The Labute approximate surface area is 223 Å². The Bertz CT molecular complexity index is 1740. The lowest BCUT2D eigenvalue weighted by molar-refractivity contribution is 0.997. The van der Waals surface area contributed by atoms with Crippen molar-refractivity contribution in [1.29, 1.82) is 0 Å². The molecule has 0 saturated heterocycles. The third-order valence-electron chi connectivity index (χ3n) is 7.35. The van der Waals surface area contributed by atoms with Gasteiger partial charge in [-0.2, -0.15) is 0 Å². The summed E-state index contributed by atoms with van der Waals surface area (Å²) in [6.07, 6.45) is 6.75. The number of fused-ring (bicyclic) bond motifs is 3. The van der Waals surface area contributed by atoms with Crippen LogP contribution in [0, 0.1) is 0 Å². The Balaban J connectivity index is 1.41. The van der Waals surface area contributed by atoms with Crippen molar-refractivity contribution in [2.75, 3.05) is 0 Å². The van der Waals surface area contributed by atoms with Crippen molar-refractivity contribution in [3.8, 4) is 45.0 Å². The molecule has 0 atom stereocenters. The normalized spacial score (nSPS) is 12.4. The van der Waals surface area contributed by atoms with Gasteiger partial charge in [-0.15, -0.1) is 0 Å². The standard InChI is InChI=1S/C36H26N2/c1-3-12-25(13-4-1)34-24-35(26-14-5-2-6-15-26)38-36(37-34)29-18-11-17-27(22-29)33-23-28-16-7-8-19-30(28)31-20-9-10-21-32(31)33/h1-7,9-18,20-24H,8,19H2. The Hall–Kier alpha value is -4.82. The van der Waals surface area contributed by atoms with Gasteiger partial charge < -0.3 is 0 Å². The third kappa shape index (κ3) is 4.10. The summed E-state index contributed by atoms with van der Waals surface area (Å²) in [5.74, 6) is 0.731. The lowest BCUT2D eigenvalue weighted by Crippen LogP contribution is -1.98. The van der Waals surface area contributed by atoms with E-state index in [9.17, 15) is 0 Å². The van der Waals surface area contributed by atoms with Gasteiger partial charge in [0.1, 0.15) is 0 Å². The van der Waals surface area contributed by atoms with Crippen molar-refractivity contribution >= 4 is 16.8 Å². The van der Waals surface area contributed by atoms with Crippen LogP contribution in [0.2, 0.25) is 0 Å². The summed E-state index contributed by atoms with van der Waals surface area (Å²) < 4.78 is 0. The van der Waals surface area contributed by atoms with Crippen LogP contribution in [-0.4, -0.2) is 9.97 Å². The number of nitrogens with zero attached hydrogens (tertiary/aromatic N) is 2. The summed E-state index contributed by atoms with van der Waals surface area (Å²) in [6, 6.07) is 42.6. The Morgan fingerprint density at radius 3 is 1.82 bits per heavy atom. The van der Waals surface area contributed by atoms with Gasteiger partial charge >= 0.3 is 0 Å². The second-order valence-corrected chi connectivity index (χ2v) is 9.75. The van der Waals surface area contributed by atoms with Crippen molar-refractivity contribution < 1.29 is 0 Å². The predicted molar refractivity (Wildman–Crippen MR) is 159 cm³/mol. The predicted octanol–water partition coefficient (Wildman–Crippen LogP) is 9.26. The molecule has 0 spiro atoms. The van der Waals surface area contributed by atoms with Gasteiger partial charge in [0.15, 0.2) is 5.82 Å². The molecule has 1 aromatic heterocycles. The van der Waals surface area contributed by atoms with Gasteiger partial charge in [0.2, 0.25) is 0 Å². The minimum atomic E-state index is 0.731. The third-order valence-corrected chi connectivity index (χ3v) is 7.35. The van der Waals surface area contributed by atoms with Crippen LogP contribution in [0.5, 0.6) is 0 Å². The van der Waals surface area contributed by atoms with E-state index >= 15 is 0 Å². The molecule has 0 aliphatic heterocycles. The minimum Gasteiger partial charge on any atom is -0.228 e. The molecule has 0 bridgehead atoms. The highest BCUT2D eigenvalue weighted by atomic mass is 14.9. The Morgan fingerprint density at radius 2 is 1.11 bits per heavy atom. The van der Waals surface area contributed by atoms with Gasteiger partial charge in [-0.1, -0.05) is 115 Å². The number of hydrogen-bond donors (Lipinski definition) is 0. The second-order valence-electron chi connectivity index (χ2n) is 9.75. The molecule has 6 aromatic rings. The number of aromatic nitrogens is 2. The maximum atomic E-state index is 5.04. The molecule has 1 aliphatic carbocycles. The van der Waals surface area contributed by atoms with E-state index in [2.05, 4.69) is 121 Å². The quantitative estimate of drug-likeness (QED) is 0.248. The van der Waals surface area contributed by atoms with E-state index in [1.165, 1.54) is 33.0 Å². The smallest absolute Gasteiger partial charge is 0.160 e. The van der Waals surface area contributed by atoms with Crippen LogP contribution in [0.15, 0.2) is 127 Å². The van der Waals surface area contributed by atoms with Crippen molar-refractivity contribution in [3.05, 3.63) is 139 Å². The number of rotatable bonds is 4. The van der Waals surface area contributed by atoms with Gasteiger partial charge in [-0.05, 0) is 64.1 Å². The van der Waals surface area contributed by atoms with E-state index in [0.29, 0.717) is 0 Å². The summed E-state index contributed by atoms with van der Waals surface area (Å²) in [6.45, 7) is 0. The molecule has 2 nitrogen and oxygen atoms in total. The fourth-order valence-corrected chi connectivity index (χ4v) is 5.48. The van der Waals surface area contributed by atoms with E-state index in [0.717, 1.165) is 46.7 Å². The highest BCUT2D eigenvalue weighted by molar-refractivity contribution is 6.01. The van der Waals surface area contributed by atoms with Crippen molar-refractivity contribution in [2.24, 2.45) is 0 Å². The molecule has 0 N–H and O–H groups in total. The molecular weight excluding hydrogens is 460 g/mol. The van der Waals surface area contributed by atoms with E-state index in [1.54, 1.807) is 0 Å². The monoisotopic (exact) mass is 486 g/mol. The average Bonchev–Trinajstić information content (AvgIpc) is 3.01. The Kier molecular flexibility index (Phi) is 5.64. The second kappa shape index (κ2) is 9.57.